The minimum absolute atomic E-state index is 0.114. The van der Waals surface area contributed by atoms with Crippen molar-refractivity contribution in [3.63, 3.8) is 0 Å². The van der Waals surface area contributed by atoms with Crippen LogP contribution in [0.4, 0.5) is 0 Å². The van der Waals surface area contributed by atoms with Crippen molar-refractivity contribution in [1.82, 2.24) is 0 Å². The Morgan fingerprint density at radius 1 is 1.05 bits per heavy atom. The Morgan fingerprint density at radius 2 is 1.77 bits per heavy atom. The highest BCUT2D eigenvalue weighted by atomic mass is 16.5. The predicted octanol–water partition coefficient (Wildman–Crippen LogP) is 3.03. The van der Waals surface area contributed by atoms with Crippen molar-refractivity contribution in [2.45, 2.75) is 26.1 Å². The Hall–Kier alpha value is -2.14. The van der Waals surface area contributed by atoms with Crippen molar-refractivity contribution in [3.8, 4) is 23.0 Å². The molecule has 0 radical (unpaired) electrons. The van der Waals surface area contributed by atoms with Gasteiger partial charge in [0.05, 0.1) is 39.4 Å². The number of phenols is 1. The van der Waals surface area contributed by atoms with E-state index in [2.05, 4.69) is 0 Å². The molecule has 0 spiro atoms. The molecule has 5 heteroatoms. The predicted molar refractivity (Wildman–Crippen MR) is 83.2 cm³/mol. The second kappa shape index (κ2) is 5.57. The van der Waals surface area contributed by atoms with Gasteiger partial charge in [-0.25, -0.2) is 0 Å². The van der Waals surface area contributed by atoms with E-state index in [4.69, 9.17) is 18.9 Å². The topological polar surface area (TPSA) is 57.2 Å². The van der Waals surface area contributed by atoms with Gasteiger partial charge in [-0.2, -0.15) is 0 Å². The van der Waals surface area contributed by atoms with Crippen LogP contribution >= 0.6 is 0 Å². The summed E-state index contributed by atoms with van der Waals surface area (Å²) in [7, 11) is 4.84. The summed E-state index contributed by atoms with van der Waals surface area (Å²) >= 11 is 0. The fraction of sp³-hybridized carbons (Fsp3) is 0.412. The summed E-state index contributed by atoms with van der Waals surface area (Å²) in [5.74, 6) is 2.14. The first-order valence-electron chi connectivity index (χ1n) is 7.18. The van der Waals surface area contributed by atoms with Gasteiger partial charge in [-0.05, 0) is 13.0 Å². The standard InChI is InChI=1S/C17H20O5/c1-9-5-11-13(8-22-9)17(21-4)15-12(16(11)20-3)6-10(18)7-14(15)19-2/h6-7,9,18H,5,8H2,1-4H3. The monoisotopic (exact) mass is 304 g/mol. The van der Waals surface area contributed by atoms with Crippen LogP contribution in [0.15, 0.2) is 12.1 Å². The molecule has 5 nitrogen and oxygen atoms in total. The largest absolute Gasteiger partial charge is 0.508 e. The van der Waals surface area contributed by atoms with Gasteiger partial charge in [0.1, 0.15) is 23.0 Å². The number of methoxy groups -OCH3 is 3. The minimum atomic E-state index is 0.114. The van der Waals surface area contributed by atoms with E-state index in [-0.39, 0.29) is 11.9 Å². The second-order valence-electron chi connectivity index (χ2n) is 5.42. The van der Waals surface area contributed by atoms with Crippen LogP contribution in [-0.4, -0.2) is 32.5 Å². The lowest BCUT2D eigenvalue weighted by Gasteiger charge is -2.28. The zero-order chi connectivity index (χ0) is 15.9. The van der Waals surface area contributed by atoms with Crippen molar-refractivity contribution in [2.75, 3.05) is 21.3 Å². The van der Waals surface area contributed by atoms with Crippen LogP contribution in [0.3, 0.4) is 0 Å². The highest BCUT2D eigenvalue weighted by Crippen LogP contribution is 2.48. The molecule has 0 fully saturated rings. The number of fused-ring (bicyclic) bond motifs is 2. The average Bonchev–Trinajstić information content (AvgIpc) is 2.51. The van der Waals surface area contributed by atoms with Gasteiger partial charge in [0.25, 0.3) is 0 Å². The van der Waals surface area contributed by atoms with E-state index in [1.54, 1.807) is 33.5 Å². The third-order valence-electron chi connectivity index (χ3n) is 4.10. The highest BCUT2D eigenvalue weighted by molar-refractivity contribution is 6.01. The molecule has 0 aliphatic carbocycles. The smallest absolute Gasteiger partial charge is 0.136 e. The van der Waals surface area contributed by atoms with Crippen LogP contribution in [0.25, 0.3) is 10.8 Å². The number of aromatic hydroxyl groups is 1. The Labute approximate surface area is 129 Å². The first kappa shape index (κ1) is 14.8. The van der Waals surface area contributed by atoms with Gasteiger partial charge in [-0.1, -0.05) is 0 Å². The van der Waals surface area contributed by atoms with E-state index in [0.29, 0.717) is 12.4 Å². The summed E-state index contributed by atoms with van der Waals surface area (Å²) in [6, 6.07) is 3.25. The molecule has 3 rings (SSSR count). The molecule has 0 aromatic heterocycles. The van der Waals surface area contributed by atoms with E-state index in [1.807, 2.05) is 6.92 Å². The van der Waals surface area contributed by atoms with Crippen LogP contribution in [0.1, 0.15) is 18.1 Å². The Bertz CT molecular complexity index is 723. The van der Waals surface area contributed by atoms with Crippen LogP contribution in [0.2, 0.25) is 0 Å². The first-order valence-corrected chi connectivity index (χ1v) is 7.18. The molecule has 2 aromatic carbocycles. The molecule has 0 amide bonds. The molecular formula is C17H20O5. The Morgan fingerprint density at radius 3 is 2.41 bits per heavy atom. The molecular weight excluding hydrogens is 284 g/mol. The molecule has 0 saturated carbocycles. The summed E-state index contributed by atoms with van der Waals surface area (Å²) in [6.45, 7) is 2.50. The lowest BCUT2D eigenvalue weighted by Crippen LogP contribution is -2.20. The van der Waals surface area contributed by atoms with Gasteiger partial charge >= 0.3 is 0 Å². The number of benzene rings is 2. The second-order valence-corrected chi connectivity index (χ2v) is 5.42. The van der Waals surface area contributed by atoms with E-state index < -0.39 is 0 Å². The van der Waals surface area contributed by atoms with Gasteiger partial charge in [-0.3, -0.25) is 0 Å². The summed E-state index contributed by atoms with van der Waals surface area (Å²) < 4.78 is 22.5. The maximum absolute atomic E-state index is 9.98. The number of ether oxygens (including phenoxy) is 4. The molecule has 1 N–H and O–H groups in total. The summed E-state index contributed by atoms with van der Waals surface area (Å²) in [5, 5.41) is 11.6. The highest BCUT2D eigenvalue weighted by Gasteiger charge is 2.28. The first-order chi connectivity index (χ1) is 10.6. The molecule has 0 bridgehead atoms. The van der Waals surface area contributed by atoms with Gasteiger partial charge in [0.2, 0.25) is 0 Å². The fourth-order valence-corrected chi connectivity index (χ4v) is 3.16. The van der Waals surface area contributed by atoms with Crippen LogP contribution in [-0.2, 0) is 17.8 Å². The molecule has 118 valence electrons. The van der Waals surface area contributed by atoms with Crippen molar-refractivity contribution < 1.29 is 24.1 Å². The van der Waals surface area contributed by atoms with Crippen LogP contribution < -0.4 is 14.2 Å². The number of rotatable bonds is 3. The van der Waals surface area contributed by atoms with Crippen molar-refractivity contribution in [2.24, 2.45) is 0 Å². The van der Waals surface area contributed by atoms with E-state index >= 15 is 0 Å². The molecule has 1 heterocycles. The van der Waals surface area contributed by atoms with E-state index in [0.717, 1.165) is 39.8 Å². The summed E-state index contributed by atoms with van der Waals surface area (Å²) in [6.07, 6.45) is 0.853. The Balaban J connectivity index is 2.46. The molecule has 2 aromatic rings. The molecule has 22 heavy (non-hydrogen) atoms. The number of phenolic OH excluding ortho intramolecular Hbond substituents is 1. The summed E-state index contributed by atoms with van der Waals surface area (Å²) in [4.78, 5) is 0. The average molecular weight is 304 g/mol. The Kier molecular flexibility index (Phi) is 3.74. The molecule has 1 aliphatic rings. The molecule has 1 atom stereocenters. The molecule has 0 saturated heterocycles. The maximum atomic E-state index is 9.98. The normalized spacial score (nSPS) is 17.2. The lowest BCUT2D eigenvalue weighted by molar-refractivity contribution is 0.0390. The van der Waals surface area contributed by atoms with Gasteiger partial charge < -0.3 is 24.1 Å². The van der Waals surface area contributed by atoms with Gasteiger partial charge in [-0.15, -0.1) is 0 Å². The van der Waals surface area contributed by atoms with E-state index in [9.17, 15) is 5.11 Å². The fourth-order valence-electron chi connectivity index (χ4n) is 3.16. The van der Waals surface area contributed by atoms with Crippen molar-refractivity contribution >= 4 is 10.8 Å². The van der Waals surface area contributed by atoms with Gasteiger partial charge in [0.15, 0.2) is 0 Å². The van der Waals surface area contributed by atoms with Crippen LogP contribution in [0, 0.1) is 0 Å². The molecule has 1 unspecified atom stereocenters. The maximum Gasteiger partial charge on any atom is 0.136 e. The number of hydrogen-bond donors (Lipinski definition) is 1. The lowest BCUT2D eigenvalue weighted by atomic mass is 9.92. The third kappa shape index (κ3) is 2.13. The number of hydrogen-bond acceptors (Lipinski definition) is 5. The third-order valence-corrected chi connectivity index (χ3v) is 4.10. The van der Waals surface area contributed by atoms with E-state index in [1.165, 1.54) is 0 Å². The minimum Gasteiger partial charge on any atom is -0.508 e. The van der Waals surface area contributed by atoms with Crippen molar-refractivity contribution in [1.29, 1.82) is 0 Å². The molecule has 1 aliphatic heterocycles. The van der Waals surface area contributed by atoms with Gasteiger partial charge in [0, 0.05) is 29.0 Å². The zero-order valence-electron chi connectivity index (χ0n) is 13.2. The zero-order valence-corrected chi connectivity index (χ0v) is 13.2. The van der Waals surface area contributed by atoms with Crippen LogP contribution in [0.5, 0.6) is 23.0 Å². The quantitative estimate of drug-likeness (QED) is 0.944. The van der Waals surface area contributed by atoms with Crippen molar-refractivity contribution in [3.05, 3.63) is 23.3 Å². The SMILES string of the molecule is COc1c2c(c(OC)c3c(OC)cc(O)cc13)COC(C)C2. The summed E-state index contributed by atoms with van der Waals surface area (Å²) in [5.41, 5.74) is 2.05.